The fraction of sp³-hybridized carbons (Fsp3) is 0.700. The van der Waals surface area contributed by atoms with Gasteiger partial charge in [0.25, 0.3) is 0 Å². The second kappa shape index (κ2) is 7.33. The zero-order chi connectivity index (χ0) is 15.4. The van der Waals surface area contributed by atoms with Crippen molar-refractivity contribution in [2.75, 3.05) is 18.5 Å². The molecule has 1 fully saturated rings. The maximum atomic E-state index is 2.46. The zero-order valence-electron chi connectivity index (χ0n) is 14.7. The number of rotatable bonds is 5. The van der Waals surface area contributed by atoms with Gasteiger partial charge in [-0.1, -0.05) is 58.2 Å². The van der Waals surface area contributed by atoms with Gasteiger partial charge in [-0.3, -0.25) is 0 Å². The van der Waals surface area contributed by atoms with Crippen molar-refractivity contribution >= 4 is 5.69 Å². The van der Waals surface area contributed by atoms with E-state index in [-0.39, 0.29) is 0 Å². The lowest BCUT2D eigenvalue weighted by Gasteiger charge is -2.33. The van der Waals surface area contributed by atoms with Crippen molar-refractivity contribution in [1.82, 2.24) is 0 Å². The minimum Gasteiger partial charge on any atom is -0.374 e. The van der Waals surface area contributed by atoms with E-state index in [1.807, 2.05) is 0 Å². The third-order valence-electron chi connectivity index (χ3n) is 5.42. The molecule has 1 aliphatic carbocycles. The highest BCUT2D eigenvalue weighted by atomic mass is 15.1. The molecule has 0 bridgehead atoms. The van der Waals surface area contributed by atoms with E-state index in [2.05, 4.69) is 57.8 Å². The first kappa shape index (κ1) is 16.4. The molecule has 0 saturated heterocycles. The fourth-order valence-corrected chi connectivity index (χ4v) is 3.90. The highest BCUT2D eigenvalue weighted by molar-refractivity contribution is 5.61. The van der Waals surface area contributed by atoms with Crippen LogP contribution in [0.4, 0.5) is 5.69 Å². The molecule has 1 nitrogen and oxygen atoms in total. The molecule has 2 rings (SSSR count). The number of anilines is 1. The second-order valence-corrected chi connectivity index (χ2v) is 7.14. The molecule has 1 unspecified atom stereocenters. The molecule has 1 saturated carbocycles. The predicted molar refractivity (Wildman–Crippen MR) is 94.5 cm³/mol. The van der Waals surface area contributed by atoms with Crippen LogP contribution >= 0.6 is 0 Å². The molecule has 1 atom stereocenters. The van der Waals surface area contributed by atoms with Crippen LogP contribution in [0.15, 0.2) is 18.2 Å². The van der Waals surface area contributed by atoms with Gasteiger partial charge < -0.3 is 4.90 Å². The van der Waals surface area contributed by atoms with Crippen LogP contribution in [0.2, 0.25) is 0 Å². The zero-order valence-corrected chi connectivity index (χ0v) is 14.7. The summed E-state index contributed by atoms with van der Waals surface area (Å²) in [5, 5.41) is 0. The van der Waals surface area contributed by atoms with Gasteiger partial charge in [-0.15, -0.1) is 0 Å². The SMILES string of the molecule is CCN(C)c1c(C(C)C)cccc1C(C)C1CCCCC1. The van der Waals surface area contributed by atoms with Gasteiger partial charge in [0, 0.05) is 19.3 Å². The Bertz CT molecular complexity index is 443. The topological polar surface area (TPSA) is 3.24 Å². The van der Waals surface area contributed by atoms with E-state index in [0.717, 1.165) is 12.5 Å². The van der Waals surface area contributed by atoms with Crippen molar-refractivity contribution in [3.63, 3.8) is 0 Å². The monoisotopic (exact) mass is 287 g/mol. The molecule has 0 spiro atoms. The second-order valence-electron chi connectivity index (χ2n) is 7.14. The normalized spacial score (nSPS) is 18.0. The van der Waals surface area contributed by atoms with E-state index in [0.29, 0.717) is 11.8 Å². The van der Waals surface area contributed by atoms with Crippen molar-refractivity contribution in [3.8, 4) is 0 Å². The van der Waals surface area contributed by atoms with Crippen LogP contribution in [0.5, 0.6) is 0 Å². The highest BCUT2D eigenvalue weighted by Crippen LogP contribution is 2.41. The molecule has 0 aromatic heterocycles. The summed E-state index contributed by atoms with van der Waals surface area (Å²) in [6.07, 6.45) is 7.14. The summed E-state index contributed by atoms with van der Waals surface area (Å²) < 4.78 is 0. The average molecular weight is 287 g/mol. The number of benzene rings is 1. The molecular weight excluding hydrogens is 254 g/mol. The number of hydrogen-bond acceptors (Lipinski definition) is 1. The van der Waals surface area contributed by atoms with Crippen LogP contribution in [0.3, 0.4) is 0 Å². The fourth-order valence-electron chi connectivity index (χ4n) is 3.90. The van der Waals surface area contributed by atoms with Crippen LogP contribution in [0.1, 0.15) is 82.8 Å². The Balaban J connectivity index is 2.39. The summed E-state index contributed by atoms with van der Waals surface area (Å²) in [7, 11) is 2.25. The molecule has 1 aliphatic rings. The number of para-hydroxylation sites is 1. The summed E-state index contributed by atoms with van der Waals surface area (Å²) in [6, 6.07) is 6.98. The van der Waals surface area contributed by atoms with E-state index in [1.54, 1.807) is 5.56 Å². The van der Waals surface area contributed by atoms with E-state index in [1.165, 1.54) is 43.4 Å². The number of nitrogens with zero attached hydrogens (tertiary/aromatic N) is 1. The third kappa shape index (κ3) is 3.62. The van der Waals surface area contributed by atoms with Crippen molar-refractivity contribution < 1.29 is 0 Å². The average Bonchev–Trinajstić information content (AvgIpc) is 2.53. The van der Waals surface area contributed by atoms with E-state index >= 15 is 0 Å². The van der Waals surface area contributed by atoms with E-state index in [4.69, 9.17) is 0 Å². The Morgan fingerprint density at radius 2 is 1.67 bits per heavy atom. The van der Waals surface area contributed by atoms with Crippen molar-refractivity contribution in [2.45, 2.75) is 71.6 Å². The van der Waals surface area contributed by atoms with Gasteiger partial charge in [0.05, 0.1) is 0 Å². The van der Waals surface area contributed by atoms with Crippen LogP contribution < -0.4 is 4.90 Å². The van der Waals surface area contributed by atoms with Crippen molar-refractivity contribution in [3.05, 3.63) is 29.3 Å². The third-order valence-corrected chi connectivity index (χ3v) is 5.42. The molecule has 1 heteroatoms. The smallest absolute Gasteiger partial charge is 0.0434 e. The van der Waals surface area contributed by atoms with Gasteiger partial charge in [-0.25, -0.2) is 0 Å². The highest BCUT2D eigenvalue weighted by Gasteiger charge is 2.25. The summed E-state index contributed by atoms with van der Waals surface area (Å²) in [5.41, 5.74) is 4.60. The molecule has 21 heavy (non-hydrogen) atoms. The molecule has 0 radical (unpaired) electrons. The summed E-state index contributed by atoms with van der Waals surface area (Å²) >= 11 is 0. The van der Waals surface area contributed by atoms with E-state index < -0.39 is 0 Å². The summed E-state index contributed by atoms with van der Waals surface area (Å²) in [5.74, 6) is 2.16. The van der Waals surface area contributed by atoms with Gasteiger partial charge in [0.2, 0.25) is 0 Å². The Kier molecular flexibility index (Phi) is 5.72. The van der Waals surface area contributed by atoms with Crippen LogP contribution in [-0.4, -0.2) is 13.6 Å². The lowest BCUT2D eigenvalue weighted by Crippen LogP contribution is -2.23. The van der Waals surface area contributed by atoms with Crippen LogP contribution in [0, 0.1) is 5.92 Å². The van der Waals surface area contributed by atoms with Crippen LogP contribution in [-0.2, 0) is 0 Å². The first-order chi connectivity index (χ1) is 10.1. The minimum absolute atomic E-state index is 0.590. The van der Waals surface area contributed by atoms with Gasteiger partial charge >= 0.3 is 0 Å². The van der Waals surface area contributed by atoms with Crippen molar-refractivity contribution in [2.24, 2.45) is 5.92 Å². The maximum Gasteiger partial charge on any atom is 0.0434 e. The van der Waals surface area contributed by atoms with Gasteiger partial charge in [-0.2, -0.15) is 0 Å². The van der Waals surface area contributed by atoms with Crippen LogP contribution in [0.25, 0.3) is 0 Å². The van der Waals surface area contributed by atoms with Gasteiger partial charge in [-0.05, 0) is 48.6 Å². The number of hydrogen-bond donors (Lipinski definition) is 0. The first-order valence-corrected chi connectivity index (χ1v) is 8.90. The largest absolute Gasteiger partial charge is 0.374 e. The molecule has 0 heterocycles. The molecule has 0 amide bonds. The summed E-state index contributed by atoms with van der Waals surface area (Å²) in [6.45, 7) is 10.4. The molecule has 118 valence electrons. The Labute approximate surface area is 131 Å². The molecule has 0 aliphatic heterocycles. The first-order valence-electron chi connectivity index (χ1n) is 8.90. The molecule has 1 aromatic carbocycles. The molecular formula is C20H33N. The molecule has 0 N–H and O–H groups in total. The predicted octanol–water partition coefficient (Wildman–Crippen LogP) is 5.95. The molecule has 1 aromatic rings. The Hall–Kier alpha value is -0.980. The Morgan fingerprint density at radius 3 is 2.24 bits per heavy atom. The standard InChI is InChI=1S/C20H33N/c1-6-21(5)20-18(15(2)3)13-10-14-19(20)16(4)17-11-8-7-9-12-17/h10,13-17H,6-9,11-12H2,1-5H3. The van der Waals surface area contributed by atoms with E-state index in [9.17, 15) is 0 Å². The maximum absolute atomic E-state index is 2.46. The van der Waals surface area contributed by atoms with Crippen molar-refractivity contribution in [1.29, 1.82) is 0 Å². The summed E-state index contributed by atoms with van der Waals surface area (Å²) in [4.78, 5) is 2.45. The quantitative estimate of drug-likeness (QED) is 0.647. The minimum atomic E-state index is 0.590. The van der Waals surface area contributed by atoms with Gasteiger partial charge in [0.15, 0.2) is 0 Å². The van der Waals surface area contributed by atoms with Gasteiger partial charge in [0.1, 0.15) is 0 Å². The lowest BCUT2D eigenvalue weighted by atomic mass is 9.76. The lowest BCUT2D eigenvalue weighted by molar-refractivity contribution is 0.316. The Morgan fingerprint density at radius 1 is 1.05 bits per heavy atom.